The van der Waals surface area contributed by atoms with Gasteiger partial charge in [-0.05, 0) is 5.56 Å². The highest BCUT2D eigenvalue weighted by Crippen LogP contribution is 2.16. The van der Waals surface area contributed by atoms with Crippen LogP contribution >= 0.6 is 0 Å². The molecule has 1 aromatic carbocycles. The van der Waals surface area contributed by atoms with Crippen molar-refractivity contribution in [3.63, 3.8) is 0 Å². The van der Waals surface area contributed by atoms with E-state index in [9.17, 15) is 4.79 Å². The molecule has 3 aromatic rings. The molecule has 2 heterocycles. The topological polar surface area (TPSA) is 63.1 Å². The predicted octanol–water partition coefficient (Wildman–Crippen LogP) is 1.08. The van der Waals surface area contributed by atoms with Crippen LogP contribution < -0.4 is 5.56 Å². The standard InChI is InChI=1S/C11H8N4O/c16-10-6-9(8-4-2-1-3-5-8)15-7-12-14-11(15)13-10/h1-7H,(H,13,14,16). The quantitative estimate of drug-likeness (QED) is 0.656. The zero-order valence-corrected chi connectivity index (χ0v) is 8.29. The first-order valence-corrected chi connectivity index (χ1v) is 4.83. The van der Waals surface area contributed by atoms with Crippen LogP contribution in [0.2, 0.25) is 0 Å². The van der Waals surface area contributed by atoms with Crippen molar-refractivity contribution in [2.75, 3.05) is 0 Å². The summed E-state index contributed by atoms with van der Waals surface area (Å²) in [7, 11) is 0. The summed E-state index contributed by atoms with van der Waals surface area (Å²) >= 11 is 0. The van der Waals surface area contributed by atoms with Crippen LogP contribution in [0.4, 0.5) is 0 Å². The normalized spacial score (nSPS) is 10.8. The van der Waals surface area contributed by atoms with Crippen molar-refractivity contribution in [1.82, 2.24) is 19.6 Å². The molecule has 0 saturated heterocycles. The lowest BCUT2D eigenvalue weighted by molar-refractivity contribution is 1.08. The molecular formula is C11H8N4O. The van der Waals surface area contributed by atoms with E-state index in [1.165, 1.54) is 6.07 Å². The van der Waals surface area contributed by atoms with Crippen LogP contribution in [0.15, 0.2) is 47.5 Å². The minimum atomic E-state index is -0.181. The number of aromatic amines is 1. The van der Waals surface area contributed by atoms with Crippen LogP contribution in [-0.4, -0.2) is 19.6 Å². The van der Waals surface area contributed by atoms with Gasteiger partial charge in [-0.25, -0.2) is 0 Å². The molecule has 1 N–H and O–H groups in total. The summed E-state index contributed by atoms with van der Waals surface area (Å²) in [5, 5.41) is 7.59. The van der Waals surface area contributed by atoms with Gasteiger partial charge < -0.3 is 0 Å². The molecule has 0 unspecified atom stereocenters. The summed E-state index contributed by atoms with van der Waals surface area (Å²) in [5.41, 5.74) is 1.56. The van der Waals surface area contributed by atoms with Crippen molar-refractivity contribution in [2.45, 2.75) is 0 Å². The Morgan fingerprint density at radius 3 is 2.81 bits per heavy atom. The highest BCUT2D eigenvalue weighted by Gasteiger charge is 2.05. The number of hydrogen-bond donors (Lipinski definition) is 1. The predicted molar refractivity (Wildman–Crippen MR) is 59.0 cm³/mol. The second kappa shape index (κ2) is 3.30. The van der Waals surface area contributed by atoms with E-state index >= 15 is 0 Å². The largest absolute Gasteiger partial charge is 0.291 e. The first-order chi connectivity index (χ1) is 7.84. The second-order valence-electron chi connectivity index (χ2n) is 3.41. The SMILES string of the molecule is O=c1cc(-c2ccccc2)n2cnnc2[nH]1. The third kappa shape index (κ3) is 1.30. The number of nitrogens with zero attached hydrogens (tertiary/aromatic N) is 3. The first-order valence-electron chi connectivity index (χ1n) is 4.83. The summed E-state index contributed by atoms with van der Waals surface area (Å²) in [6.07, 6.45) is 1.58. The summed E-state index contributed by atoms with van der Waals surface area (Å²) in [6.45, 7) is 0. The molecule has 0 amide bonds. The second-order valence-corrected chi connectivity index (χ2v) is 3.41. The molecule has 78 valence electrons. The number of aromatic nitrogens is 4. The van der Waals surface area contributed by atoms with Crippen molar-refractivity contribution in [2.24, 2.45) is 0 Å². The van der Waals surface area contributed by atoms with E-state index in [1.807, 2.05) is 30.3 Å². The molecule has 0 aliphatic rings. The smallest absolute Gasteiger partial charge is 0.252 e. The molecule has 0 atom stereocenters. The molecule has 0 aliphatic carbocycles. The monoisotopic (exact) mass is 212 g/mol. The van der Waals surface area contributed by atoms with Crippen LogP contribution in [0.25, 0.3) is 17.0 Å². The Morgan fingerprint density at radius 1 is 1.19 bits per heavy atom. The van der Waals surface area contributed by atoms with Gasteiger partial charge >= 0.3 is 0 Å². The Labute approximate surface area is 90.4 Å². The fraction of sp³-hybridized carbons (Fsp3) is 0. The maximum Gasteiger partial charge on any atom is 0.252 e. The first kappa shape index (κ1) is 8.84. The zero-order valence-electron chi connectivity index (χ0n) is 8.29. The molecule has 16 heavy (non-hydrogen) atoms. The van der Waals surface area contributed by atoms with Gasteiger partial charge in [0.25, 0.3) is 5.56 Å². The minimum Gasteiger partial charge on any atom is -0.291 e. The van der Waals surface area contributed by atoms with Crippen LogP contribution in [-0.2, 0) is 0 Å². The molecule has 5 nitrogen and oxygen atoms in total. The van der Waals surface area contributed by atoms with E-state index in [-0.39, 0.29) is 5.56 Å². The van der Waals surface area contributed by atoms with E-state index in [0.29, 0.717) is 5.78 Å². The number of hydrogen-bond acceptors (Lipinski definition) is 3. The van der Waals surface area contributed by atoms with Gasteiger partial charge in [0.2, 0.25) is 5.78 Å². The van der Waals surface area contributed by atoms with Gasteiger partial charge in [0.1, 0.15) is 6.33 Å². The van der Waals surface area contributed by atoms with E-state index in [1.54, 1.807) is 10.7 Å². The average Bonchev–Trinajstić information content (AvgIpc) is 2.77. The van der Waals surface area contributed by atoms with Gasteiger partial charge in [0.15, 0.2) is 0 Å². The molecule has 5 heteroatoms. The number of benzene rings is 1. The van der Waals surface area contributed by atoms with Gasteiger partial charge in [0, 0.05) is 6.07 Å². The number of H-pyrrole nitrogens is 1. The molecule has 2 aromatic heterocycles. The van der Waals surface area contributed by atoms with E-state index < -0.39 is 0 Å². The maximum atomic E-state index is 11.4. The van der Waals surface area contributed by atoms with Crippen LogP contribution in [0.1, 0.15) is 0 Å². The number of nitrogens with one attached hydrogen (secondary N) is 1. The lowest BCUT2D eigenvalue weighted by Crippen LogP contribution is -2.08. The lowest BCUT2D eigenvalue weighted by atomic mass is 10.1. The number of fused-ring (bicyclic) bond motifs is 1. The Morgan fingerprint density at radius 2 is 2.00 bits per heavy atom. The average molecular weight is 212 g/mol. The molecule has 0 aliphatic heterocycles. The number of rotatable bonds is 1. The third-order valence-electron chi connectivity index (χ3n) is 2.38. The molecule has 0 saturated carbocycles. The molecular weight excluding hydrogens is 204 g/mol. The lowest BCUT2D eigenvalue weighted by Gasteiger charge is -2.03. The van der Waals surface area contributed by atoms with Gasteiger partial charge in [-0.15, -0.1) is 10.2 Å². The van der Waals surface area contributed by atoms with Crippen molar-refractivity contribution < 1.29 is 0 Å². The zero-order chi connectivity index (χ0) is 11.0. The van der Waals surface area contributed by atoms with E-state index in [2.05, 4.69) is 15.2 Å². The summed E-state index contributed by atoms with van der Waals surface area (Å²) in [6, 6.07) is 11.2. The highest BCUT2D eigenvalue weighted by molar-refractivity contribution is 5.61. The molecule has 0 radical (unpaired) electrons. The Bertz CT molecular complexity index is 684. The molecule has 0 fully saturated rings. The maximum absolute atomic E-state index is 11.4. The van der Waals surface area contributed by atoms with Gasteiger partial charge in [-0.3, -0.25) is 14.2 Å². The molecule has 3 rings (SSSR count). The Balaban J connectivity index is 2.39. The van der Waals surface area contributed by atoms with E-state index in [4.69, 9.17) is 0 Å². The van der Waals surface area contributed by atoms with Crippen molar-refractivity contribution in [3.05, 3.63) is 53.1 Å². The van der Waals surface area contributed by atoms with Crippen molar-refractivity contribution in [1.29, 1.82) is 0 Å². The van der Waals surface area contributed by atoms with E-state index in [0.717, 1.165) is 11.3 Å². The van der Waals surface area contributed by atoms with Crippen LogP contribution in [0.3, 0.4) is 0 Å². The van der Waals surface area contributed by atoms with Crippen molar-refractivity contribution >= 4 is 5.78 Å². The Kier molecular flexibility index (Phi) is 1.83. The van der Waals surface area contributed by atoms with Crippen LogP contribution in [0.5, 0.6) is 0 Å². The summed E-state index contributed by atoms with van der Waals surface area (Å²) in [5.74, 6) is 0.450. The van der Waals surface area contributed by atoms with Gasteiger partial charge in [0.05, 0.1) is 5.69 Å². The van der Waals surface area contributed by atoms with Crippen LogP contribution in [0, 0.1) is 0 Å². The highest BCUT2D eigenvalue weighted by atomic mass is 16.1. The fourth-order valence-electron chi connectivity index (χ4n) is 1.67. The molecule has 0 bridgehead atoms. The minimum absolute atomic E-state index is 0.181. The summed E-state index contributed by atoms with van der Waals surface area (Å²) in [4.78, 5) is 14.1. The van der Waals surface area contributed by atoms with Gasteiger partial charge in [-0.2, -0.15) is 0 Å². The summed E-state index contributed by atoms with van der Waals surface area (Å²) < 4.78 is 1.75. The fourth-order valence-corrected chi connectivity index (χ4v) is 1.67. The Hall–Kier alpha value is -2.43. The third-order valence-corrected chi connectivity index (χ3v) is 2.38. The molecule has 0 spiro atoms. The van der Waals surface area contributed by atoms with Crippen molar-refractivity contribution in [3.8, 4) is 11.3 Å². The van der Waals surface area contributed by atoms with Gasteiger partial charge in [-0.1, -0.05) is 30.3 Å².